The van der Waals surface area contributed by atoms with Crippen molar-refractivity contribution in [1.29, 1.82) is 0 Å². The zero-order valence-electron chi connectivity index (χ0n) is 15.0. The molecule has 1 N–H and O–H groups in total. The number of nitrogens with zero attached hydrogens (tertiary/aromatic N) is 2. The van der Waals surface area contributed by atoms with Gasteiger partial charge in [-0.1, -0.05) is 23.7 Å². The summed E-state index contributed by atoms with van der Waals surface area (Å²) in [4.78, 5) is 33.8. The molecule has 0 heterocycles. The number of esters is 1. The Hall–Kier alpha value is -3.46. The number of ether oxygens (including phenoxy) is 2. The van der Waals surface area contributed by atoms with Crippen LogP contribution < -0.4 is 14.9 Å². The van der Waals surface area contributed by atoms with Crippen LogP contribution in [-0.2, 0) is 16.0 Å². The summed E-state index contributed by atoms with van der Waals surface area (Å²) >= 11 is 5.79. The molecule has 0 saturated heterocycles. The van der Waals surface area contributed by atoms with Crippen LogP contribution in [0.2, 0.25) is 5.02 Å². The van der Waals surface area contributed by atoms with Crippen LogP contribution in [0.15, 0.2) is 41.5 Å². The standard InChI is InChI=1S/C18H16ClN3O6/c1-11(23)28-15-8-5-13(17(22(25)26)18(15)27-2)10-20-21-16(24)9-12-3-6-14(19)7-4-12/h3-8,10H,9H2,1-2H3,(H,21,24). The van der Waals surface area contributed by atoms with E-state index in [-0.39, 0.29) is 23.5 Å². The number of rotatable bonds is 7. The zero-order chi connectivity index (χ0) is 20.7. The lowest BCUT2D eigenvalue weighted by Gasteiger charge is -2.09. The normalized spacial score (nSPS) is 10.5. The van der Waals surface area contributed by atoms with Gasteiger partial charge < -0.3 is 9.47 Å². The van der Waals surface area contributed by atoms with Crippen molar-refractivity contribution >= 4 is 35.4 Å². The highest BCUT2D eigenvalue weighted by Gasteiger charge is 2.25. The maximum atomic E-state index is 11.9. The summed E-state index contributed by atoms with van der Waals surface area (Å²) in [6.45, 7) is 1.16. The molecule has 0 spiro atoms. The number of benzene rings is 2. The first-order chi connectivity index (χ1) is 13.3. The Bertz CT molecular complexity index is 928. The maximum Gasteiger partial charge on any atom is 0.323 e. The molecule has 0 aliphatic rings. The third kappa shape index (κ3) is 5.52. The molecule has 0 saturated carbocycles. The number of hydrogen-bond donors (Lipinski definition) is 1. The molecule has 9 nitrogen and oxygen atoms in total. The first kappa shape index (κ1) is 20.8. The van der Waals surface area contributed by atoms with Crippen LogP contribution in [0.4, 0.5) is 5.69 Å². The molecule has 0 fully saturated rings. The molecule has 0 unspecified atom stereocenters. The smallest absolute Gasteiger partial charge is 0.323 e. The van der Waals surface area contributed by atoms with Crippen LogP contribution in [-0.4, -0.2) is 30.1 Å². The molecular formula is C18H16ClN3O6. The van der Waals surface area contributed by atoms with Gasteiger partial charge in [0.05, 0.1) is 30.2 Å². The van der Waals surface area contributed by atoms with Crippen molar-refractivity contribution in [2.75, 3.05) is 7.11 Å². The van der Waals surface area contributed by atoms with Gasteiger partial charge in [0.2, 0.25) is 11.7 Å². The molecule has 0 atom stereocenters. The fourth-order valence-corrected chi connectivity index (χ4v) is 2.42. The topological polar surface area (TPSA) is 120 Å². The number of halogens is 1. The lowest BCUT2D eigenvalue weighted by Crippen LogP contribution is -2.19. The summed E-state index contributed by atoms with van der Waals surface area (Å²) in [6.07, 6.45) is 1.17. The molecule has 0 radical (unpaired) electrons. The van der Waals surface area contributed by atoms with Crippen molar-refractivity contribution in [2.45, 2.75) is 13.3 Å². The van der Waals surface area contributed by atoms with Crippen molar-refractivity contribution in [3.8, 4) is 11.5 Å². The largest absolute Gasteiger partial charge is 0.488 e. The van der Waals surface area contributed by atoms with Gasteiger partial charge in [0, 0.05) is 11.9 Å². The summed E-state index contributed by atoms with van der Waals surface area (Å²) < 4.78 is 9.92. The summed E-state index contributed by atoms with van der Waals surface area (Å²) in [5.74, 6) is -1.38. The minimum absolute atomic E-state index is 0.0598. The number of carbonyl (C=O) groups is 2. The zero-order valence-corrected chi connectivity index (χ0v) is 15.7. The highest BCUT2D eigenvalue weighted by atomic mass is 35.5. The number of carbonyl (C=O) groups excluding carboxylic acids is 2. The van der Waals surface area contributed by atoms with Gasteiger partial charge >= 0.3 is 11.7 Å². The van der Waals surface area contributed by atoms with Gasteiger partial charge in [0.25, 0.3) is 0 Å². The van der Waals surface area contributed by atoms with E-state index in [4.69, 9.17) is 21.1 Å². The summed E-state index contributed by atoms with van der Waals surface area (Å²) in [7, 11) is 1.21. The Morgan fingerprint density at radius 1 is 1.25 bits per heavy atom. The number of methoxy groups -OCH3 is 1. The molecule has 0 aliphatic carbocycles. The van der Waals surface area contributed by atoms with Gasteiger partial charge in [0.15, 0.2) is 5.75 Å². The van der Waals surface area contributed by atoms with Gasteiger partial charge in [-0.3, -0.25) is 19.7 Å². The average Bonchev–Trinajstić information content (AvgIpc) is 2.63. The third-order valence-corrected chi connectivity index (χ3v) is 3.69. The van der Waals surface area contributed by atoms with E-state index in [9.17, 15) is 19.7 Å². The van der Waals surface area contributed by atoms with Crippen molar-refractivity contribution in [3.05, 3.63) is 62.7 Å². The monoisotopic (exact) mass is 405 g/mol. The molecule has 2 rings (SSSR count). The van der Waals surface area contributed by atoms with E-state index in [1.165, 1.54) is 19.2 Å². The van der Waals surface area contributed by atoms with Gasteiger partial charge in [-0.15, -0.1) is 0 Å². The van der Waals surface area contributed by atoms with Crippen molar-refractivity contribution in [1.82, 2.24) is 5.43 Å². The van der Waals surface area contributed by atoms with Gasteiger partial charge in [0.1, 0.15) is 0 Å². The van der Waals surface area contributed by atoms with E-state index in [0.29, 0.717) is 5.02 Å². The molecule has 1 amide bonds. The molecule has 0 aromatic heterocycles. The number of hydrogen-bond acceptors (Lipinski definition) is 7. The van der Waals surface area contributed by atoms with Crippen molar-refractivity contribution in [2.24, 2.45) is 5.10 Å². The minimum Gasteiger partial charge on any atom is -0.488 e. The molecule has 10 heteroatoms. The number of amides is 1. The van der Waals surface area contributed by atoms with Gasteiger partial charge in [-0.05, 0) is 29.8 Å². The quantitative estimate of drug-likeness (QED) is 0.248. The number of hydrazone groups is 1. The predicted molar refractivity (Wildman–Crippen MR) is 102 cm³/mol. The molecule has 28 heavy (non-hydrogen) atoms. The van der Waals surface area contributed by atoms with Crippen molar-refractivity contribution in [3.63, 3.8) is 0 Å². The molecule has 146 valence electrons. The first-order valence-electron chi connectivity index (χ1n) is 7.92. The molecule has 2 aromatic carbocycles. The van der Waals surface area contributed by atoms with E-state index in [0.717, 1.165) is 18.7 Å². The Morgan fingerprint density at radius 2 is 1.93 bits per heavy atom. The maximum absolute atomic E-state index is 11.9. The minimum atomic E-state index is -0.692. The molecule has 0 aliphatic heterocycles. The van der Waals surface area contributed by atoms with Crippen LogP contribution in [0, 0.1) is 10.1 Å². The number of nitro groups is 1. The molecule has 2 aromatic rings. The van der Waals surface area contributed by atoms with E-state index < -0.39 is 22.5 Å². The fourth-order valence-electron chi connectivity index (χ4n) is 2.29. The Kier molecular flexibility index (Phi) is 7.05. The van der Waals surface area contributed by atoms with Crippen LogP contribution in [0.5, 0.6) is 11.5 Å². The van der Waals surface area contributed by atoms with E-state index in [1.807, 2.05) is 0 Å². The van der Waals surface area contributed by atoms with Crippen LogP contribution in [0.25, 0.3) is 0 Å². The highest BCUT2D eigenvalue weighted by Crippen LogP contribution is 2.39. The molecular weight excluding hydrogens is 390 g/mol. The fraction of sp³-hybridized carbons (Fsp3) is 0.167. The van der Waals surface area contributed by atoms with Gasteiger partial charge in [-0.25, -0.2) is 5.43 Å². The first-order valence-corrected chi connectivity index (χ1v) is 8.29. The SMILES string of the molecule is COc1c(OC(C)=O)ccc(C=NNC(=O)Cc2ccc(Cl)cc2)c1[N+](=O)[O-]. The number of nitrogens with one attached hydrogen (secondary N) is 1. The lowest BCUT2D eigenvalue weighted by molar-refractivity contribution is -0.385. The second kappa shape index (κ2) is 9.47. The van der Waals surface area contributed by atoms with E-state index >= 15 is 0 Å². The van der Waals surface area contributed by atoms with Crippen LogP contribution in [0.3, 0.4) is 0 Å². The predicted octanol–water partition coefficient (Wildman–Crippen LogP) is 2.87. The third-order valence-electron chi connectivity index (χ3n) is 3.44. The average molecular weight is 406 g/mol. The summed E-state index contributed by atoms with van der Waals surface area (Å²) in [5.41, 5.74) is 2.64. The van der Waals surface area contributed by atoms with E-state index in [1.54, 1.807) is 24.3 Å². The van der Waals surface area contributed by atoms with Crippen LogP contribution in [0.1, 0.15) is 18.1 Å². The molecule has 0 bridgehead atoms. The van der Waals surface area contributed by atoms with Crippen LogP contribution >= 0.6 is 11.6 Å². The van der Waals surface area contributed by atoms with E-state index in [2.05, 4.69) is 10.5 Å². The Labute approximate surface area is 165 Å². The second-order valence-corrected chi connectivity index (χ2v) is 5.92. The summed E-state index contributed by atoms with van der Waals surface area (Å²) in [5, 5.41) is 15.7. The van der Waals surface area contributed by atoms with Crippen molar-refractivity contribution < 1.29 is 24.0 Å². The second-order valence-electron chi connectivity index (χ2n) is 5.48. The van der Waals surface area contributed by atoms with Gasteiger partial charge in [-0.2, -0.15) is 5.10 Å². The summed E-state index contributed by atoms with van der Waals surface area (Å²) in [6, 6.07) is 9.39. The Morgan fingerprint density at radius 3 is 2.50 bits per heavy atom. The lowest BCUT2D eigenvalue weighted by atomic mass is 10.1. The number of nitro benzene ring substituents is 1. The Balaban J connectivity index is 2.17. The highest BCUT2D eigenvalue weighted by molar-refractivity contribution is 6.30.